The van der Waals surface area contributed by atoms with Gasteiger partial charge in [-0.1, -0.05) is 6.92 Å². The van der Waals surface area contributed by atoms with Crippen LogP contribution in [-0.2, 0) is 9.59 Å². The van der Waals surface area contributed by atoms with E-state index in [1.807, 2.05) is 13.8 Å². The van der Waals surface area contributed by atoms with E-state index in [-0.39, 0.29) is 17.4 Å². The molecule has 126 valence electrons. The Morgan fingerprint density at radius 1 is 1.00 bits per heavy atom. The Labute approximate surface area is 133 Å². The van der Waals surface area contributed by atoms with Gasteiger partial charge in [-0.05, 0) is 33.1 Å². The van der Waals surface area contributed by atoms with Crippen molar-refractivity contribution in [2.75, 3.05) is 39.3 Å². The molecule has 0 aromatic rings. The van der Waals surface area contributed by atoms with E-state index in [2.05, 4.69) is 27.4 Å². The van der Waals surface area contributed by atoms with Crippen LogP contribution in [0.5, 0.6) is 0 Å². The molecular weight excluding hydrogens is 280 g/mol. The third-order valence-electron chi connectivity index (χ3n) is 4.50. The minimum absolute atomic E-state index is 0.0896. The topological polar surface area (TPSA) is 64.7 Å². The summed E-state index contributed by atoms with van der Waals surface area (Å²) in [6.07, 6.45) is 3.17. The van der Waals surface area contributed by atoms with Gasteiger partial charge in [0.25, 0.3) is 0 Å². The van der Waals surface area contributed by atoms with Crippen LogP contribution in [0.1, 0.15) is 40.0 Å². The maximum Gasteiger partial charge on any atom is 0.234 e. The van der Waals surface area contributed by atoms with E-state index in [4.69, 9.17) is 0 Å². The molecule has 2 N–H and O–H groups in total. The quantitative estimate of drug-likeness (QED) is 0.704. The molecule has 2 rings (SSSR count). The first-order valence-corrected chi connectivity index (χ1v) is 8.43. The average molecular weight is 310 g/mol. The number of piperazine rings is 1. The summed E-state index contributed by atoms with van der Waals surface area (Å²) >= 11 is 0. The Balaban J connectivity index is 1.64. The summed E-state index contributed by atoms with van der Waals surface area (Å²) < 4.78 is 0. The standard InChI is InChI=1S/C16H30N4O2/c1-4-16(2,3)18-15(22)12-20-9-7-19(8-10-20)11-14(21)17-13-5-6-13/h13H,4-12H2,1-3H3,(H,17,21)(H,18,22). The van der Waals surface area contributed by atoms with E-state index in [1.54, 1.807) is 0 Å². The van der Waals surface area contributed by atoms with Gasteiger partial charge in [0.1, 0.15) is 0 Å². The van der Waals surface area contributed by atoms with Crippen LogP contribution in [0, 0.1) is 0 Å². The molecule has 2 aliphatic rings. The third kappa shape index (κ3) is 5.93. The van der Waals surface area contributed by atoms with Gasteiger partial charge in [0, 0.05) is 37.8 Å². The number of nitrogens with zero attached hydrogens (tertiary/aromatic N) is 2. The van der Waals surface area contributed by atoms with E-state index in [0.29, 0.717) is 19.1 Å². The zero-order chi connectivity index (χ0) is 16.2. The highest BCUT2D eigenvalue weighted by Crippen LogP contribution is 2.18. The lowest BCUT2D eigenvalue weighted by molar-refractivity contribution is -0.126. The number of carbonyl (C=O) groups is 2. The molecule has 1 saturated heterocycles. The first kappa shape index (κ1) is 17.2. The normalized spacial score (nSPS) is 20.7. The highest BCUT2D eigenvalue weighted by atomic mass is 16.2. The largest absolute Gasteiger partial charge is 0.352 e. The van der Waals surface area contributed by atoms with Crippen LogP contribution in [0.15, 0.2) is 0 Å². The molecule has 22 heavy (non-hydrogen) atoms. The summed E-state index contributed by atoms with van der Waals surface area (Å²) in [5, 5.41) is 6.09. The van der Waals surface area contributed by atoms with Crippen molar-refractivity contribution in [1.29, 1.82) is 0 Å². The van der Waals surface area contributed by atoms with Gasteiger partial charge in [0.05, 0.1) is 13.1 Å². The van der Waals surface area contributed by atoms with E-state index in [0.717, 1.165) is 45.4 Å². The zero-order valence-electron chi connectivity index (χ0n) is 14.2. The molecule has 2 amide bonds. The molecular formula is C16H30N4O2. The first-order valence-electron chi connectivity index (χ1n) is 8.43. The predicted octanol–water partition coefficient (Wildman–Crippen LogP) is 0.187. The van der Waals surface area contributed by atoms with Crippen LogP contribution in [0.3, 0.4) is 0 Å². The van der Waals surface area contributed by atoms with E-state index >= 15 is 0 Å². The molecule has 0 atom stereocenters. The number of hydrogen-bond acceptors (Lipinski definition) is 4. The molecule has 1 aliphatic heterocycles. The molecule has 2 fully saturated rings. The van der Waals surface area contributed by atoms with Gasteiger partial charge in [-0.15, -0.1) is 0 Å². The third-order valence-corrected chi connectivity index (χ3v) is 4.50. The first-order chi connectivity index (χ1) is 10.4. The minimum Gasteiger partial charge on any atom is -0.352 e. The molecule has 0 unspecified atom stereocenters. The van der Waals surface area contributed by atoms with E-state index in [1.165, 1.54) is 0 Å². The average Bonchev–Trinajstić information content (AvgIpc) is 3.24. The molecule has 0 spiro atoms. The fraction of sp³-hybridized carbons (Fsp3) is 0.875. The van der Waals surface area contributed by atoms with Crippen LogP contribution in [0.4, 0.5) is 0 Å². The van der Waals surface area contributed by atoms with Crippen molar-refractivity contribution < 1.29 is 9.59 Å². The monoisotopic (exact) mass is 310 g/mol. The Bertz CT molecular complexity index is 399. The SMILES string of the molecule is CCC(C)(C)NC(=O)CN1CCN(CC(=O)NC2CC2)CC1. The predicted molar refractivity (Wildman–Crippen MR) is 86.6 cm³/mol. The zero-order valence-corrected chi connectivity index (χ0v) is 14.2. The van der Waals surface area contributed by atoms with Crippen molar-refractivity contribution in [1.82, 2.24) is 20.4 Å². The van der Waals surface area contributed by atoms with Gasteiger partial charge < -0.3 is 10.6 Å². The van der Waals surface area contributed by atoms with Crippen molar-refractivity contribution in [3.05, 3.63) is 0 Å². The summed E-state index contributed by atoms with van der Waals surface area (Å²) in [5.41, 5.74) is -0.139. The fourth-order valence-corrected chi connectivity index (χ4v) is 2.52. The summed E-state index contributed by atoms with van der Waals surface area (Å²) in [7, 11) is 0. The maximum absolute atomic E-state index is 12.0. The Hall–Kier alpha value is -1.14. The number of hydrogen-bond donors (Lipinski definition) is 2. The van der Waals surface area contributed by atoms with Gasteiger partial charge in [0.2, 0.25) is 11.8 Å². The molecule has 1 saturated carbocycles. The minimum atomic E-state index is -0.139. The number of amides is 2. The molecule has 0 aromatic carbocycles. The molecule has 0 radical (unpaired) electrons. The van der Waals surface area contributed by atoms with Crippen LogP contribution in [-0.4, -0.2) is 72.5 Å². The summed E-state index contributed by atoms with van der Waals surface area (Å²) in [4.78, 5) is 28.2. The van der Waals surface area contributed by atoms with Crippen molar-refractivity contribution in [2.24, 2.45) is 0 Å². The number of nitrogens with one attached hydrogen (secondary N) is 2. The smallest absolute Gasteiger partial charge is 0.234 e. The van der Waals surface area contributed by atoms with Crippen molar-refractivity contribution >= 4 is 11.8 Å². The van der Waals surface area contributed by atoms with Crippen molar-refractivity contribution in [3.8, 4) is 0 Å². The molecule has 6 heteroatoms. The van der Waals surface area contributed by atoms with Gasteiger partial charge in [-0.25, -0.2) is 0 Å². The second-order valence-corrected chi connectivity index (χ2v) is 7.18. The number of rotatable bonds is 7. The van der Waals surface area contributed by atoms with Gasteiger partial charge in [0.15, 0.2) is 0 Å². The Morgan fingerprint density at radius 3 is 1.95 bits per heavy atom. The molecule has 0 aromatic heterocycles. The van der Waals surface area contributed by atoms with E-state index < -0.39 is 0 Å². The van der Waals surface area contributed by atoms with Gasteiger partial charge in [-0.2, -0.15) is 0 Å². The molecule has 1 aliphatic carbocycles. The lowest BCUT2D eigenvalue weighted by Crippen LogP contribution is -2.53. The molecule has 6 nitrogen and oxygen atoms in total. The van der Waals surface area contributed by atoms with E-state index in [9.17, 15) is 9.59 Å². The number of carbonyl (C=O) groups excluding carboxylic acids is 2. The molecule has 0 bridgehead atoms. The second-order valence-electron chi connectivity index (χ2n) is 7.18. The van der Waals surface area contributed by atoms with Crippen molar-refractivity contribution in [2.45, 2.75) is 51.6 Å². The van der Waals surface area contributed by atoms with Crippen LogP contribution >= 0.6 is 0 Å². The highest BCUT2D eigenvalue weighted by Gasteiger charge is 2.26. The highest BCUT2D eigenvalue weighted by molar-refractivity contribution is 5.79. The van der Waals surface area contributed by atoms with Gasteiger partial charge in [-0.3, -0.25) is 19.4 Å². The molecule has 1 heterocycles. The van der Waals surface area contributed by atoms with Gasteiger partial charge >= 0.3 is 0 Å². The summed E-state index contributed by atoms with van der Waals surface area (Å²) in [5.74, 6) is 0.227. The fourth-order valence-electron chi connectivity index (χ4n) is 2.52. The lowest BCUT2D eigenvalue weighted by Gasteiger charge is -2.34. The second kappa shape index (κ2) is 7.42. The summed E-state index contributed by atoms with van der Waals surface area (Å²) in [6, 6.07) is 0.430. The Morgan fingerprint density at radius 2 is 1.50 bits per heavy atom. The van der Waals surface area contributed by atoms with Crippen molar-refractivity contribution in [3.63, 3.8) is 0 Å². The van der Waals surface area contributed by atoms with Crippen LogP contribution < -0.4 is 10.6 Å². The van der Waals surface area contributed by atoms with Crippen LogP contribution in [0.2, 0.25) is 0 Å². The lowest BCUT2D eigenvalue weighted by atomic mass is 10.0. The Kier molecular flexibility index (Phi) is 5.81. The van der Waals surface area contributed by atoms with Crippen LogP contribution in [0.25, 0.3) is 0 Å². The maximum atomic E-state index is 12.0. The summed E-state index contributed by atoms with van der Waals surface area (Å²) in [6.45, 7) is 10.5.